The molecule has 2 heterocycles. The fraction of sp³-hybridized carbons (Fsp3) is 0.444. The third kappa shape index (κ3) is 1.67. The first-order valence-corrected chi connectivity index (χ1v) is 4.31. The number of hydrogen-bond donors (Lipinski definition) is 2. The predicted octanol–water partition coefficient (Wildman–Crippen LogP) is -0.358. The van der Waals surface area contributed by atoms with Crippen LogP contribution in [-0.4, -0.2) is 12.4 Å². The minimum Gasteiger partial charge on any atom is -0.465 e. The van der Waals surface area contributed by atoms with Crippen molar-refractivity contribution in [3.05, 3.63) is 24.2 Å². The van der Waals surface area contributed by atoms with Gasteiger partial charge >= 0.3 is 0 Å². The largest absolute Gasteiger partial charge is 0.465 e. The Morgan fingerprint density at radius 3 is 3.25 bits per heavy atom. The van der Waals surface area contributed by atoms with E-state index >= 15 is 0 Å². The Morgan fingerprint density at radius 1 is 1.58 bits per heavy atom. The van der Waals surface area contributed by atoms with E-state index in [4.69, 9.17) is 4.42 Å². The molecule has 1 aromatic rings. The van der Waals surface area contributed by atoms with Crippen molar-refractivity contribution in [3.8, 4) is 0 Å². The molecule has 2 rings (SSSR count). The zero-order chi connectivity index (χ0) is 8.23. The highest BCUT2D eigenvalue weighted by Crippen LogP contribution is 1.98. The Balaban J connectivity index is 1.82. The topological polar surface area (TPSA) is 39.1 Å². The zero-order valence-corrected chi connectivity index (χ0v) is 6.97. The summed E-state index contributed by atoms with van der Waals surface area (Å²) >= 11 is 0. The number of furan rings is 1. The van der Waals surface area contributed by atoms with Gasteiger partial charge in [-0.2, -0.15) is 0 Å². The van der Waals surface area contributed by atoms with E-state index in [-0.39, 0.29) is 0 Å². The van der Waals surface area contributed by atoms with Gasteiger partial charge in [0, 0.05) is 0 Å². The lowest BCUT2D eigenvalue weighted by molar-refractivity contribution is -0.449. The van der Waals surface area contributed by atoms with Gasteiger partial charge in [0.2, 0.25) is 5.84 Å². The van der Waals surface area contributed by atoms with Crippen LogP contribution in [-0.2, 0) is 6.54 Å². The average Bonchev–Trinajstić information content (AvgIpc) is 2.74. The summed E-state index contributed by atoms with van der Waals surface area (Å²) in [4.78, 5) is 3.28. The molecule has 0 atom stereocenters. The van der Waals surface area contributed by atoms with Crippen LogP contribution in [0.25, 0.3) is 0 Å². The van der Waals surface area contributed by atoms with Crippen LogP contribution in [0.2, 0.25) is 0 Å². The van der Waals surface area contributed by atoms with Crippen molar-refractivity contribution in [2.75, 3.05) is 6.54 Å². The Kier molecular flexibility index (Phi) is 2.12. The van der Waals surface area contributed by atoms with Crippen molar-refractivity contribution in [2.24, 2.45) is 0 Å². The smallest absolute Gasteiger partial charge is 0.243 e. The SMILES string of the molecule is c1coc(CNC2=[NH+]CCC2)c1. The van der Waals surface area contributed by atoms with E-state index in [1.54, 1.807) is 6.26 Å². The summed E-state index contributed by atoms with van der Waals surface area (Å²) in [7, 11) is 0. The van der Waals surface area contributed by atoms with E-state index in [2.05, 4.69) is 10.3 Å². The standard InChI is InChI=1S/C9H12N2O/c1-4-9(10-5-1)11-7-8-3-2-6-12-8/h2-3,6H,1,4-5,7H2,(H,10,11)/p+1. The van der Waals surface area contributed by atoms with Crippen LogP contribution in [0.5, 0.6) is 0 Å². The van der Waals surface area contributed by atoms with Gasteiger partial charge in [-0.15, -0.1) is 0 Å². The van der Waals surface area contributed by atoms with Crippen molar-refractivity contribution < 1.29 is 9.41 Å². The summed E-state index contributed by atoms with van der Waals surface area (Å²) in [6.07, 6.45) is 4.07. The highest BCUT2D eigenvalue weighted by atomic mass is 16.3. The Hall–Kier alpha value is -1.25. The highest BCUT2D eigenvalue weighted by Gasteiger charge is 2.11. The molecule has 1 aromatic heterocycles. The van der Waals surface area contributed by atoms with E-state index in [0.29, 0.717) is 0 Å². The molecule has 3 nitrogen and oxygen atoms in total. The number of nitrogens with one attached hydrogen (secondary N) is 2. The minimum absolute atomic E-state index is 0.787. The fourth-order valence-corrected chi connectivity index (χ4v) is 1.35. The van der Waals surface area contributed by atoms with Gasteiger partial charge in [-0.05, 0) is 18.6 Å². The fourth-order valence-electron chi connectivity index (χ4n) is 1.35. The Labute approximate surface area is 71.5 Å². The van der Waals surface area contributed by atoms with E-state index in [0.717, 1.165) is 25.3 Å². The van der Waals surface area contributed by atoms with Crippen LogP contribution in [0.4, 0.5) is 0 Å². The Bertz CT molecular complexity index is 264. The summed E-state index contributed by atoms with van der Waals surface area (Å²) in [6, 6.07) is 3.88. The molecule has 0 aromatic carbocycles. The van der Waals surface area contributed by atoms with Crippen LogP contribution in [0.1, 0.15) is 18.6 Å². The first-order chi connectivity index (χ1) is 5.95. The molecule has 1 aliphatic rings. The first kappa shape index (κ1) is 7.40. The summed E-state index contributed by atoms with van der Waals surface area (Å²) in [6.45, 7) is 1.88. The predicted molar refractivity (Wildman–Crippen MR) is 45.6 cm³/mol. The maximum absolute atomic E-state index is 5.19. The minimum atomic E-state index is 0.787. The highest BCUT2D eigenvalue weighted by molar-refractivity contribution is 5.76. The van der Waals surface area contributed by atoms with Crippen LogP contribution >= 0.6 is 0 Å². The van der Waals surface area contributed by atoms with Gasteiger partial charge < -0.3 is 4.42 Å². The molecule has 12 heavy (non-hydrogen) atoms. The summed E-state index contributed by atoms with van der Waals surface area (Å²) in [5, 5.41) is 3.30. The normalized spacial score (nSPS) is 16.2. The molecule has 0 aliphatic carbocycles. The molecule has 1 aliphatic heterocycles. The number of rotatable bonds is 2. The van der Waals surface area contributed by atoms with Gasteiger partial charge in [-0.3, -0.25) is 10.3 Å². The Morgan fingerprint density at radius 2 is 2.58 bits per heavy atom. The third-order valence-corrected chi connectivity index (χ3v) is 2.00. The molecule has 0 spiro atoms. The quantitative estimate of drug-likeness (QED) is 0.628. The van der Waals surface area contributed by atoms with Gasteiger partial charge in [-0.25, -0.2) is 0 Å². The summed E-state index contributed by atoms with van der Waals surface area (Å²) in [5.74, 6) is 2.22. The molecular formula is C9H13N2O+. The molecule has 0 unspecified atom stereocenters. The molecule has 0 radical (unpaired) electrons. The molecule has 0 bridgehead atoms. The van der Waals surface area contributed by atoms with Crippen molar-refractivity contribution >= 4 is 5.84 Å². The molecule has 2 N–H and O–H groups in total. The van der Waals surface area contributed by atoms with E-state index in [1.165, 1.54) is 12.3 Å². The second-order valence-corrected chi connectivity index (χ2v) is 2.94. The van der Waals surface area contributed by atoms with Gasteiger partial charge in [-0.1, -0.05) is 0 Å². The maximum atomic E-state index is 5.19. The lowest BCUT2D eigenvalue weighted by Gasteiger charge is -1.94. The summed E-state index contributed by atoms with van der Waals surface area (Å²) in [5.41, 5.74) is 0. The van der Waals surface area contributed by atoms with Crippen LogP contribution in [0, 0.1) is 0 Å². The van der Waals surface area contributed by atoms with E-state index < -0.39 is 0 Å². The zero-order valence-electron chi connectivity index (χ0n) is 6.97. The average molecular weight is 165 g/mol. The molecule has 0 fully saturated rings. The monoisotopic (exact) mass is 165 g/mol. The molecule has 64 valence electrons. The number of hydrogen-bond acceptors (Lipinski definition) is 2. The van der Waals surface area contributed by atoms with Crippen LogP contribution in [0.3, 0.4) is 0 Å². The van der Waals surface area contributed by atoms with Gasteiger partial charge in [0.25, 0.3) is 0 Å². The van der Waals surface area contributed by atoms with Crippen molar-refractivity contribution in [3.63, 3.8) is 0 Å². The van der Waals surface area contributed by atoms with E-state index in [1.807, 2.05) is 12.1 Å². The number of amidine groups is 1. The van der Waals surface area contributed by atoms with Crippen molar-refractivity contribution in [1.82, 2.24) is 5.32 Å². The summed E-state index contributed by atoms with van der Waals surface area (Å²) < 4.78 is 5.19. The lowest BCUT2D eigenvalue weighted by Crippen LogP contribution is -2.72. The van der Waals surface area contributed by atoms with Crippen LogP contribution < -0.4 is 10.3 Å². The molecule has 0 saturated heterocycles. The second-order valence-electron chi connectivity index (χ2n) is 2.94. The maximum Gasteiger partial charge on any atom is 0.243 e. The van der Waals surface area contributed by atoms with E-state index in [9.17, 15) is 0 Å². The van der Waals surface area contributed by atoms with Crippen molar-refractivity contribution in [2.45, 2.75) is 19.4 Å². The van der Waals surface area contributed by atoms with Crippen LogP contribution in [0.15, 0.2) is 22.8 Å². The second kappa shape index (κ2) is 3.43. The molecule has 3 heteroatoms. The molecular weight excluding hydrogens is 152 g/mol. The van der Waals surface area contributed by atoms with Gasteiger partial charge in [0.15, 0.2) is 0 Å². The van der Waals surface area contributed by atoms with Gasteiger partial charge in [0.05, 0.1) is 19.2 Å². The lowest BCUT2D eigenvalue weighted by atomic mass is 10.3. The molecule has 0 amide bonds. The van der Waals surface area contributed by atoms with Crippen molar-refractivity contribution in [1.29, 1.82) is 0 Å². The third-order valence-electron chi connectivity index (χ3n) is 2.00. The molecule has 0 saturated carbocycles. The first-order valence-electron chi connectivity index (χ1n) is 4.31. The van der Waals surface area contributed by atoms with Gasteiger partial charge in [0.1, 0.15) is 12.3 Å².